The van der Waals surface area contributed by atoms with Gasteiger partial charge in [0.1, 0.15) is 5.75 Å². The van der Waals surface area contributed by atoms with Crippen LogP contribution < -0.4 is 21.3 Å². The summed E-state index contributed by atoms with van der Waals surface area (Å²) in [5.41, 5.74) is 7.05. The lowest BCUT2D eigenvalue weighted by Gasteiger charge is -2.10. The van der Waals surface area contributed by atoms with Gasteiger partial charge >= 0.3 is 0 Å². The van der Waals surface area contributed by atoms with Crippen LogP contribution in [-0.4, -0.2) is 18.0 Å². The third-order valence-electron chi connectivity index (χ3n) is 2.78. The highest BCUT2D eigenvalue weighted by Crippen LogP contribution is 2.20. The number of nitrogens with one attached hydrogen (secondary N) is 2. The number of aromatic nitrogens is 1. The predicted octanol–water partition coefficient (Wildman–Crippen LogP) is 0.896. The minimum atomic E-state index is -0.333. The molecular formula is C14H15N3O3. The topological polar surface area (TPSA) is 97.2 Å². The number of anilines is 1. The molecule has 0 aliphatic heterocycles. The molecule has 2 aromatic rings. The molecule has 0 atom stereocenters. The largest absolute Gasteiger partial charge is 0.496 e. The van der Waals surface area contributed by atoms with Crippen molar-refractivity contribution in [3.63, 3.8) is 0 Å². The van der Waals surface area contributed by atoms with Crippen LogP contribution >= 0.6 is 0 Å². The van der Waals surface area contributed by atoms with E-state index in [1.807, 2.05) is 0 Å². The SMILES string of the molecule is COc1ccc(N)cc1CNC(=O)c1cc[nH]c(=O)c1. The summed E-state index contributed by atoms with van der Waals surface area (Å²) in [6, 6.07) is 7.97. The smallest absolute Gasteiger partial charge is 0.251 e. The summed E-state index contributed by atoms with van der Waals surface area (Å²) in [7, 11) is 1.55. The first-order valence-corrected chi connectivity index (χ1v) is 5.99. The summed E-state index contributed by atoms with van der Waals surface area (Å²) in [4.78, 5) is 25.5. The molecule has 1 heterocycles. The Labute approximate surface area is 115 Å². The highest BCUT2D eigenvalue weighted by Gasteiger charge is 2.08. The number of carbonyl (C=O) groups is 1. The van der Waals surface area contributed by atoms with Crippen LogP contribution in [0.15, 0.2) is 41.3 Å². The number of methoxy groups -OCH3 is 1. The molecule has 1 aromatic carbocycles. The van der Waals surface area contributed by atoms with Crippen molar-refractivity contribution in [2.24, 2.45) is 0 Å². The second kappa shape index (κ2) is 5.92. The number of aromatic amines is 1. The number of hydrogen-bond acceptors (Lipinski definition) is 4. The molecule has 0 aliphatic rings. The Bertz CT molecular complexity index is 679. The molecule has 0 saturated heterocycles. The van der Waals surface area contributed by atoms with Crippen LogP contribution in [0.25, 0.3) is 0 Å². The summed E-state index contributed by atoms with van der Waals surface area (Å²) in [6.07, 6.45) is 1.43. The minimum absolute atomic E-state index is 0.264. The third-order valence-corrected chi connectivity index (χ3v) is 2.78. The lowest BCUT2D eigenvalue weighted by molar-refractivity contribution is 0.0950. The summed E-state index contributed by atoms with van der Waals surface area (Å²) >= 11 is 0. The average molecular weight is 273 g/mol. The van der Waals surface area contributed by atoms with E-state index in [4.69, 9.17) is 10.5 Å². The van der Waals surface area contributed by atoms with Crippen molar-refractivity contribution in [3.8, 4) is 5.75 Å². The Balaban J connectivity index is 2.11. The zero-order valence-corrected chi connectivity index (χ0v) is 11.0. The quantitative estimate of drug-likeness (QED) is 0.721. The number of benzene rings is 1. The summed E-state index contributed by atoms with van der Waals surface area (Å²) < 4.78 is 5.20. The van der Waals surface area contributed by atoms with Gasteiger partial charge in [-0.3, -0.25) is 9.59 Å². The van der Waals surface area contributed by atoms with Gasteiger partial charge in [-0.15, -0.1) is 0 Å². The Morgan fingerprint density at radius 1 is 1.35 bits per heavy atom. The van der Waals surface area contributed by atoms with Gasteiger partial charge in [-0.1, -0.05) is 0 Å². The van der Waals surface area contributed by atoms with Crippen molar-refractivity contribution in [3.05, 3.63) is 58.0 Å². The fourth-order valence-corrected chi connectivity index (χ4v) is 1.80. The van der Waals surface area contributed by atoms with E-state index in [9.17, 15) is 9.59 Å². The molecule has 104 valence electrons. The molecule has 1 amide bonds. The Hall–Kier alpha value is -2.76. The van der Waals surface area contributed by atoms with Crippen molar-refractivity contribution in [1.29, 1.82) is 0 Å². The lowest BCUT2D eigenvalue weighted by Crippen LogP contribution is -2.24. The average Bonchev–Trinajstić information content (AvgIpc) is 2.45. The molecule has 20 heavy (non-hydrogen) atoms. The first-order chi connectivity index (χ1) is 9.60. The Morgan fingerprint density at radius 3 is 2.85 bits per heavy atom. The van der Waals surface area contributed by atoms with E-state index < -0.39 is 0 Å². The number of amides is 1. The van der Waals surface area contributed by atoms with Gasteiger partial charge in [0.2, 0.25) is 5.56 Å². The molecule has 0 radical (unpaired) electrons. The van der Waals surface area contributed by atoms with Crippen molar-refractivity contribution in [2.45, 2.75) is 6.54 Å². The van der Waals surface area contributed by atoms with Gasteiger partial charge in [0.15, 0.2) is 0 Å². The maximum atomic E-state index is 11.9. The maximum Gasteiger partial charge on any atom is 0.251 e. The number of H-pyrrole nitrogens is 1. The van der Waals surface area contributed by atoms with Crippen LogP contribution in [0.1, 0.15) is 15.9 Å². The van der Waals surface area contributed by atoms with Gasteiger partial charge in [0.05, 0.1) is 7.11 Å². The van der Waals surface area contributed by atoms with E-state index in [0.29, 0.717) is 17.0 Å². The van der Waals surface area contributed by atoms with Gasteiger partial charge in [-0.05, 0) is 24.3 Å². The minimum Gasteiger partial charge on any atom is -0.496 e. The number of rotatable bonds is 4. The van der Waals surface area contributed by atoms with E-state index in [1.165, 1.54) is 18.3 Å². The van der Waals surface area contributed by atoms with Crippen LogP contribution in [0.2, 0.25) is 0 Å². The standard InChI is InChI=1S/C14H15N3O3/c1-20-12-3-2-11(15)6-10(12)8-17-14(19)9-4-5-16-13(18)7-9/h2-7H,8,15H2,1H3,(H,16,18)(H,17,19). The zero-order valence-electron chi connectivity index (χ0n) is 11.0. The number of hydrogen-bond donors (Lipinski definition) is 3. The van der Waals surface area contributed by atoms with E-state index in [2.05, 4.69) is 10.3 Å². The summed E-state index contributed by atoms with van der Waals surface area (Å²) in [5.74, 6) is 0.311. The van der Waals surface area contributed by atoms with Crippen molar-refractivity contribution in [1.82, 2.24) is 10.3 Å². The second-order valence-corrected chi connectivity index (χ2v) is 4.20. The number of carbonyl (C=O) groups excluding carboxylic acids is 1. The number of nitrogen functional groups attached to an aromatic ring is 1. The molecular weight excluding hydrogens is 258 g/mol. The van der Waals surface area contributed by atoms with Crippen LogP contribution in [-0.2, 0) is 6.54 Å². The van der Waals surface area contributed by atoms with Crippen LogP contribution in [0.4, 0.5) is 5.69 Å². The van der Waals surface area contributed by atoms with Crippen LogP contribution in [0.3, 0.4) is 0 Å². The highest BCUT2D eigenvalue weighted by atomic mass is 16.5. The number of ether oxygens (including phenoxy) is 1. The lowest BCUT2D eigenvalue weighted by atomic mass is 10.1. The van der Waals surface area contributed by atoms with E-state index in [0.717, 1.165) is 5.56 Å². The van der Waals surface area contributed by atoms with E-state index >= 15 is 0 Å². The maximum absolute atomic E-state index is 11.9. The van der Waals surface area contributed by atoms with Gasteiger partial charge in [0.25, 0.3) is 5.91 Å². The van der Waals surface area contributed by atoms with Crippen molar-refractivity contribution >= 4 is 11.6 Å². The predicted molar refractivity (Wildman–Crippen MR) is 75.6 cm³/mol. The molecule has 4 N–H and O–H groups in total. The molecule has 0 fully saturated rings. The molecule has 6 heteroatoms. The van der Waals surface area contributed by atoms with Crippen molar-refractivity contribution in [2.75, 3.05) is 12.8 Å². The monoisotopic (exact) mass is 273 g/mol. The molecule has 1 aromatic heterocycles. The third kappa shape index (κ3) is 3.17. The number of pyridine rings is 1. The molecule has 6 nitrogen and oxygen atoms in total. The number of nitrogens with two attached hydrogens (primary N) is 1. The Kier molecular flexibility index (Phi) is 4.05. The first kappa shape index (κ1) is 13.7. The van der Waals surface area contributed by atoms with Crippen LogP contribution in [0.5, 0.6) is 5.75 Å². The molecule has 0 unspecified atom stereocenters. The molecule has 0 saturated carbocycles. The van der Waals surface area contributed by atoms with Gasteiger partial charge in [0, 0.05) is 35.6 Å². The fraction of sp³-hybridized carbons (Fsp3) is 0.143. The normalized spacial score (nSPS) is 10.1. The molecule has 2 rings (SSSR count). The first-order valence-electron chi connectivity index (χ1n) is 5.99. The van der Waals surface area contributed by atoms with E-state index in [1.54, 1.807) is 25.3 Å². The Morgan fingerprint density at radius 2 is 2.15 bits per heavy atom. The zero-order chi connectivity index (χ0) is 14.5. The second-order valence-electron chi connectivity index (χ2n) is 4.20. The van der Waals surface area contributed by atoms with Gasteiger partial charge < -0.3 is 20.8 Å². The van der Waals surface area contributed by atoms with E-state index in [-0.39, 0.29) is 18.0 Å². The molecule has 0 spiro atoms. The summed E-state index contributed by atoms with van der Waals surface area (Å²) in [5, 5.41) is 2.72. The van der Waals surface area contributed by atoms with Gasteiger partial charge in [-0.25, -0.2) is 0 Å². The summed E-state index contributed by atoms with van der Waals surface area (Å²) in [6.45, 7) is 0.264. The fourth-order valence-electron chi connectivity index (χ4n) is 1.80. The highest BCUT2D eigenvalue weighted by molar-refractivity contribution is 5.93. The van der Waals surface area contributed by atoms with Crippen LogP contribution in [0, 0.1) is 0 Å². The molecule has 0 aliphatic carbocycles. The van der Waals surface area contributed by atoms with Gasteiger partial charge in [-0.2, -0.15) is 0 Å². The molecule has 0 bridgehead atoms. The van der Waals surface area contributed by atoms with Crippen molar-refractivity contribution < 1.29 is 9.53 Å².